The molecule has 0 bridgehead atoms. The predicted molar refractivity (Wildman–Crippen MR) is 105 cm³/mol. The summed E-state index contributed by atoms with van der Waals surface area (Å²) in [6, 6.07) is 11.6. The molecule has 26 heavy (non-hydrogen) atoms. The number of thioether (sulfide) groups is 1. The van der Waals surface area contributed by atoms with E-state index < -0.39 is 5.97 Å². The fourth-order valence-electron chi connectivity index (χ4n) is 2.20. The Kier molecular flexibility index (Phi) is 5.43. The second kappa shape index (κ2) is 7.76. The van der Waals surface area contributed by atoms with Crippen LogP contribution in [-0.2, 0) is 4.79 Å². The fraction of sp³-hybridized carbons (Fsp3) is 0.0556. The van der Waals surface area contributed by atoms with Gasteiger partial charge in [-0.15, -0.1) is 0 Å². The van der Waals surface area contributed by atoms with Gasteiger partial charge in [0.05, 0.1) is 27.7 Å². The molecule has 2 N–H and O–H groups in total. The standard InChI is InChI=1S/C18H13BrN2O4S/c1-25-14-7-2-10(8-13(14)19)9-15-16(22)21-18(26-15)20-12-5-3-11(4-6-12)17(23)24/h2-9H,1H3,(H,23,24)(H,20,21,22). The Morgan fingerprint density at radius 1 is 1.27 bits per heavy atom. The van der Waals surface area contributed by atoms with Gasteiger partial charge >= 0.3 is 5.97 Å². The van der Waals surface area contributed by atoms with Crippen LogP contribution in [0.2, 0.25) is 0 Å². The summed E-state index contributed by atoms with van der Waals surface area (Å²) in [7, 11) is 1.59. The maximum absolute atomic E-state index is 12.1. The van der Waals surface area contributed by atoms with Gasteiger partial charge in [-0.25, -0.2) is 9.79 Å². The molecule has 1 amide bonds. The van der Waals surface area contributed by atoms with Crippen molar-refractivity contribution in [2.45, 2.75) is 0 Å². The summed E-state index contributed by atoms with van der Waals surface area (Å²) in [5, 5.41) is 12.0. The van der Waals surface area contributed by atoms with Crippen LogP contribution >= 0.6 is 27.7 Å². The minimum absolute atomic E-state index is 0.183. The van der Waals surface area contributed by atoms with Crippen LogP contribution in [0.25, 0.3) is 6.08 Å². The minimum Gasteiger partial charge on any atom is -0.496 e. The lowest BCUT2D eigenvalue weighted by atomic mass is 10.2. The molecular weight excluding hydrogens is 420 g/mol. The molecule has 6 nitrogen and oxygen atoms in total. The maximum Gasteiger partial charge on any atom is 0.335 e. The van der Waals surface area contributed by atoms with Crippen LogP contribution in [0.1, 0.15) is 15.9 Å². The summed E-state index contributed by atoms with van der Waals surface area (Å²) in [5.74, 6) is -0.519. The van der Waals surface area contributed by atoms with Crippen LogP contribution in [0.4, 0.5) is 5.69 Å². The molecule has 0 radical (unpaired) electrons. The molecule has 1 heterocycles. The number of hydrogen-bond donors (Lipinski definition) is 2. The second-order valence-electron chi connectivity index (χ2n) is 5.23. The Morgan fingerprint density at radius 2 is 2.00 bits per heavy atom. The number of amides is 1. The number of ether oxygens (including phenoxy) is 1. The highest BCUT2D eigenvalue weighted by atomic mass is 79.9. The number of nitrogens with one attached hydrogen (secondary N) is 1. The van der Waals surface area contributed by atoms with Crippen LogP contribution in [0.3, 0.4) is 0 Å². The van der Waals surface area contributed by atoms with Crippen molar-refractivity contribution in [3.8, 4) is 5.75 Å². The molecule has 0 atom stereocenters. The van der Waals surface area contributed by atoms with E-state index in [4.69, 9.17) is 9.84 Å². The smallest absolute Gasteiger partial charge is 0.335 e. The molecule has 1 aliphatic rings. The van der Waals surface area contributed by atoms with E-state index >= 15 is 0 Å². The van der Waals surface area contributed by atoms with Crippen LogP contribution in [-0.4, -0.2) is 29.3 Å². The minimum atomic E-state index is -0.997. The zero-order chi connectivity index (χ0) is 18.7. The van der Waals surface area contributed by atoms with Crippen molar-refractivity contribution in [3.63, 3.8) is 0 Å². The molecular formula is C18H13BrN2O4S. The molecule has 1 fully saturated rings. The lowest BCUT2D eigenvalue weighted by Gasteiger charge is -2.03. The molecule has 0 spiro atoms. The van der Waals surface area contributed by atoms with Crippen molar-refractivity contribution in [2.24, 2.45) is 4.99 Å². The van der Waals surface area contributed by atoms with Crippen molar-refractivity contribution in [2.75, 3.05) is 7.11 Å². The highest BCUT2D eigenvalue weighted by molar-refractivity contribution is 9.10. The monoisotopic (exact) mass is 432 g/mol. The molecule has 0 aromatic heterocycles. The summed E-state index contributed by atoms with van der Waals surface area (Å²) < 4.78 is 5.99. The number of carboxylic acid groups (broad SMARTS) is 1. The number of methoxy groups -OCH3 is 1. The zero-order valence-corrected chi connectivity index (χ0v) is 15.9. The number of nitrogens with zero attached hydrogens (tertiary/aromatic N) is 1. The third-order valence-corrected chi connectivity index (χ3v) is 5.00. The summed E-state index contributed by atoms with van der Waals surface area (Å²) in [6.07, 6.45) is 1.76. The first kappa shape index (κ1) is 18.2. The fourth-order valence-corrected chi connectivity index (χ4v) is 3.60. The molecule has 132 valence electrons. The van der Waals surface area contributed by atoms with Gasteiger partial charge in [0.15, 0.2) is 5.17 Å². The van der Waals surface area contributed by atoms with E-state index in [1.54, 1.807) is 25.3 Å². The third-order valence-electron chi connectivity index (χ3n) is 3.47. The first-order valence-corrected chi connectivity index (χ1v) is 9.03. The maximum atomic E-state index is 12.1. The molecule has 1 saturated heterocycles. The first-order chi connectivity index (χ1) is 12.5. The number of aliphatic imine (C=N–C) groups is 1. The number of halogens is 1. The Bertz CT molecular complexity index is 939. The molecule has 2 aromatic carbocycles. The molecule has 0 saturated carbocycles. The van der Waals surface area contributed by atoms with Crippen molar-refractivity contribution >= 4 is 56.5 Å². The normalized spacial score (nSPS) is 16.8. The van der Waals surface area contributed by atoms with Gasteiger partial charge in [-0.05, 0) is 75.7 Å². The van der Waals surface area contributed by atoms with E-state index in [1.165, 1.54) is 23.9 Å². The first-order valence-electron chi connectivity index (χ1n) is 7.43. The van der Waals surface area contributed by atoms with E-state index in [9.17, 15) is 9.59 Å². The topological polar surface area (TPSA) is 88.0 Å². The van der Waals surface area contributed by atoms with Gasteiger partial charge in [-0.3, -0.25) is 4.79 Å². The number of rotatable bonds is 4. The van der Waals surface area contributed by atoms with Gasteiger partial charge in [0, 0.05) is 0 Å². The summed E-state index contributed by atoms with van der Waals surface area (Å²) in [5.41, 5.74) is 1.59. The van der Waals surface area contributed by atoms with Gasteiger partial charge in [0.2, 0.25) is 0 Å². The van der Waals surface area contributed by atoms with Crippen LogP contribution < -0.4 is 10.1 Å². The molecule has 2 aromatic rings. The van der Waals surface area contributed by atoms with Gasteiger partial charge in [0.1, 0.15) is 5.75 Å². The summed E-state index contributed by atoms with van der Waals surface area (Å²) in [4.78, 5) is 27.8. The van der Waals surface area contributed by atoms with E-state index in [-0.39, 0.29) is 11.5 Å². The average molecular weight is 433 g/mol. The molecule has 0 unspecified atom stereocenters. The SMILES string of the molecule is COc1ccc(C=C2SC(=Nc3ccc(C(=O)O)cc3)NC2=O)cc1Br. The zero-order valence-electron chi connectivity index (χ0n) is 13.5. The Hall–Kier alpha value is -2.58. The highest BCUT2D eigenvalue weighted by Crippen LogP contribution is 2.31. The lowest BCUT2D eigenvalue weighted by Crippen LogP contribution is -2.19. The summed E-state index contributed by atoms with van der Waals surface area (Å²) >= 11 is 4.64. The largest absolute Gasteiger partial charge is 0.496 e. The number of hydrogen-bond acceptors (Lipinski definition) is 5. The van der Waals surface area contributed by atoms with Crippen LogP contribution in [0, 0.1) is 0 Å². The van der Waals surface area contributed by atoms with Crippen molar-refractivity contribution in [3.05, 3.63) is 63.0 Å². The van der Waals surface area contributed by atoms with E-state index in [1.807, 2.05) is 18.2 Å². The number of carboxylic acids is 1. The molecule has 3 rings (SSSR count). The second-order valence-corrected chi connectivity index (χ2v) is 7.11. The Labute approximate surface area is 162 Å². The van der Waals surface area contributed by atoms with Gasteiger partial charge in [0.25, 0.3) is 5.91 Å². The molecule has 1 aliphatic heterocycles. The average Bonchev–Trinajstić information content (AvgIpc) is 2.94. The number of carbonyl (C=O) groups is 2. The number of amidine groups is 1. The lowest BCUT2D eigenvalue weighted by molar-refractivity contribution is -0.115. The van der Waals surface area contributed by atoms with E-state index in [0.29, 0.717) is 21.5 Å². The van der Waals surface area contributed by atoms with Gasteiger partial charge in [-0.1, -0.05) is 6.07 Å². The highest BCUT2D eigenvalue weighted by Gasteiger charge is 2.23. The van der Waals surface area contributed by atoms with Crippen LogP contribution in [0.15, 0.2) is 56.8 Å². The number of carbonyl (C=O) groups excluding carboxylic acids is 1. The van der Waals surface area contributed by atoms with Crippen molar-refractivity contribution in [1.82, 2.24) is 5.32 Å². The number of aromatic carboxylic acids is 1. The quantitative estimate of drug-likeness (QED) is 0.711. The Balaban J connectivity index is 1.79. The van der Waals surface area contributed by atoms with Gasteiger partial charge < -0.3 is 15.2 Å². The van der Waals surface area contributed by atoms with Crippen molar-refractivity contribution < 1.29 is 19.4 Å². The third kappa shape index (κ3) is 4.14. The van der Waals surface area contributed by atoms with Crippen LogP contribution in [0.5, 0.6) is 5.75 Å². The van der Waals surface area contributed by atoms with E-state index in [0.717, 1.165) is 10.0 Å². The van der Waals surface area contributed by atoms with E-state index in [2.05, 4.69) is 26.2 Å². The van der Waals surface area contributed by atoms with Gasteiger partial charge in [-0.2, -0.15) is 0 Å². The molecule has 0 aliphatic carbocycles. The summed E-state index contributed by atoms with van der Waals surface area (Å²) in [6.45, 7) is 0. The Morgan fingerprint density at radius 3 is 2.62 bits per heavy atom. The number of benzene rings is 2. The molecule has 8 heteroatoms. The van der Waals surface area contributed by atoms with Crippen molar-refractivity contribution in [1.29, 1.82) is 0 Å². The predicted octanol–water partition coefficient (Wildman–Crippen LogP) is 4.05.